The Balaban J connectivity index is 1.77. The van der Waals surface area contributed by atoms with E-state index in [4.69, 9.17) is 24.9 Å². The van der Waals surface area contributed by atoms with Crippen molar-refractivity contribution in [3.63, 3.8) is 0 Å². The van der Waals surface area contributed by atoms with Crippen molar-refractivity contribution < 1.29 is 0 Å². The van der Waals surface area contributed by atoms with Crippen LogP contribution in [-0.4, -0.2) is 29.9 Å². The fraction of sp³-hybridized carbons (Fsp3) is 0.333. The van der Waals surface area contributed by atoms with Crippen LogP contribution in [0.5, 0.6) is 0 Å². The quantitative estimate of drug-likeness (QED) is 0.261. The first-order valence-corrected chi connectivity index (χ1v) is 12.7. The summed E-state index contributed by atoms with van der Waals surface area (Å²) in [6.07, 6.45) is 8.93. The largest absolute Gasteiger partial charge is 0.253 e. The number of hydrogen-bond acceptors (Lipinski definition) is 6. The zero-order valence-corrected chi connectivity index (χ0v) is 22.1. The molecule has 1 atom stereocenters. The SMILES string of the molecule is CCCC(C)c1ccc(-c2nc(-c3ccc(C)cn3)nc(-c3ccc(/C(C)=C(/C)CC)cn3)n2)nc1. The summed E-state index contributed by atoms with van der Waals surface area (Å²) in [7, 11) is 0. The Morgan fingerprint density at radius 3 is 1.72 bits per heavy atom. The number of pyridine rings is 3. The smallest absolute Gasteiger partial charge is 0.182 e. The summed E-state index contributed by atoms with van der Waals surface area (Å²) >= 11 is 0. The van der Waals surface area contributed by atoms with Crippen molar-refractivity contribution in [1.29, 1.82) is 0 Å². The monoisotopic (exact) mass is 478 g/mol. The normalized spacial score (nSPS) is 12.8. The molecule has 0 fully saturated rings. The number of aryl methyl sites for hydroxylation is 1. The molecular formula is C30H34N6. The molecule has 36 heavy (non-hydrogen) atoms. The predicted octanol–water partition coefficient (Wildman–Crippen LogP) is 7.47. The molecule has 0 aliphatic rings. The minimum absolute atomic E-state index is 0.467. The first kappa shape index (κ1) is 25.3. The van der Waals surface area contributed by atoms with E-state index in [9.17, 15) is 0 Å². The Labute approximate surface area is 214 Å². The van der Waals surface area contributed by atoms with Gasteiger partial charge >= 0.3 is 0 Å². The van der Waals surface area contributed by atoms with Crippen molar-refractivity contribution in [3.05, 3.63) is 77.3 Å². The molecule has 4 aromatic heterocycles. The molecule has 0 saturated heterocycles. The molecule has 0 N–H and O–H groups in total. The summed E-state index contributed by atoms with van der Waals surface area (Å²) in [4.78, 5) is 28.2. The minimum atomic E-state index is 0.467. The lowest BCUT2D eigenvalue weighted by atomic mass is 9.98. The topological polar surface area (TPSA) is 77.3 Å². The molecule has 0 spiro atoms. The van der Waals surface area contributed by atoms with Gasteiger partial charge in [-0.2, -0.15) is 0 Å². The Morgan fingerprint density at radius 2 is 1.28 bits per heavy atom. The second kappa shape index (κ2) is 11.3. The fourth-order valence-electron chi connectivity index (χ4n) is 4.01. The van der Waals surface area contributed by atoms with E-state index in [1.807, 2.05) is 49.8 Å². The van der Waals surface area contributed by atoms with Crippen LogP contribution in [0.25, 0.3) is 40.1 Å². The van der Waals surface area contributed by atoms with Gasteiger partial charge in [-0.05, 0) is 80.0 Å². The van der Waals surface area contributed by atoms with Crippen molar-refractivity contribution >= 4 is 5.57 Å². The summed E-state index contributed by atoms with van der Waals surface area (Å²) in [6, 6.07) is 12.1. The summed E-state index contributed by atoms with van der Waals surface area (Å²) < 4.78 is 0. The van der Waals surface area contributed by atoms with Gasteiger partial charge in [-0.1, -0.05) is 51.0 Å². The lowest BCUT2D eigenvalue weighted by molar-refractivity contribution is 0.662. The molecule has 0 aromatic carbocycles. The number of rotatable bonds is 8. The standard InChI is InChI=1S/C30H34N6/c1-7-9-21(5)23-11-14-26(32-17-23)29-34-28(25-13-10-19(3)16-31-25)35-30(36-29)27-15-12-24(18-33-27)22(6)20(4)8-2/h10-18,21H,7-9H2,1-6H3/b22-20-. The maximum absolute atomic E-state index is 4.77. The van der Waals surface area contributed by atoms with Gasteiger partial charge in [0.15, 0.2) is 17.5 Å². The van der Waals surface area contributed by atoms with Crippen molar-refractivity contribution in [3.8, 4) is 34.6 Å². The molecule has 4 aromatic rings. The summed E-state index contributed by atoms with van der Waals surface area (Å²) in [5.41, 5.74) is 8.08. The Hall–Kier alpha value is -3.80. The van der Waals surface area contributed by atoms with Crippen molar-refractivity contribution in [2.24, 2.45) is 0 Å². The number of hydrogen-bond donors (Lipinski definition) is 0. The fourth-order valence-corrected chi connectivity index (χ4v) is 4.01. The van der Waals surface area contributed by atoms with Crippen LogP contribution in [0.4, 0.5) is 0 Å². The van der Waals surface area contributed by atoms with E-state index in [1.165, 1.54) is 16.7 Å². The second-order valence-corrected chi connectivity index (χ2v) is 9.38. The van der Waals surface area contributed by atoms with Crippen LogP contribution in [0.3, 0.4) is 0 Å². The number of aromatic nitrogens is 6. The van der Waals surface area contributed by atoms with Gasteiger partial charge in [-0.25, -0.2) is 15.0 Å². The van der Waals surface area contributed by atoms with Gasteiger partial charge in [0.2, 0.25) is 0 Å². The van der Waals surface area contributed by atoms with E-state index >= 15 is 0 Å². The Morgan fingerprint density at radius 1 is 0.722 bits per heavy atom. The maximum Gasteiger partial charge on any atom is 0.182 e. The average molecular weight is 479 g/mol. The van der Waals surface area contributed by atoms with Crippen molar-refractivity contribution in [2.75, 3.05) is 0 Å². The number of allylic oxidation sites excluding steroid dienone is 2. The van der Waals surface area contributed by atoms with Gasteiger partial charge in [-0.3, -0.25) is 15.0 Å². The number of nitrogens with zero attached hydrogens (tertiary/aromatic N) is 6. The molecule has 4 rings (SSSR count). The highest BCUT2D eigenvalue weighted by atomic mass is 15.1. The van der Waals surface area contributed by atoms with Crippen LogP contribution >= 0.6 is 0 Å². The molecule has 0 saturated carbocycles. The third kappa shape index (κ3) is 5.70. The molecule has 0 amide bonds. The van der Waals surface area contributed by atoms with Crippen LogP contribution in [0, 0.1) is 6.92 Å². The zero-order chi connectivity index (χ0) is 25.7. The van der Waals surface area contributed by atoms with E-state index < -0.39 is 0 Å². The predicted molar refractivity (Wildman–Crippen MR) is 146 cm³/mol. The highest BCUT2D eigenvalue weighted by Crippen LogP contribution is 2.26. The van der Waals surface area contributed by atoms with Crippen LogP contribution in [0.2, 0.25) is 0 Å². The van der Waals surface area contributed by atoms with Gasteiger partial charge in [0.05, 0.1) is 0 Å². The maximum atomic E-state index is 4.77. The lowest BCUT2D eigenvalue weighted by Crippen LogP contribution is -2.03. The average Bonchev–Trinajstić information content (AvgIpc) is 2.92. The van der Waals surface area contributed by atoms with Gasteiger partial charge in [-0.15, -0.1) is 0 Å². The molecule has 6 heteroatoms. The summed E-state index contributed by atoms with van der Waals surface area (Å²) in [6.45, 7) is 12.9. The molecule has 6 nitrogen and oxygen atoms in total. The lowest BCUT2D eigenvalue weighted by Gasteiger charge is -2.11. The van der Waals surface area contributed by atoms with E-state index in [0.717, 1.165) is 30.4 Å². The van der Waals surface area contributed by atoms with Crippen LogP contribution in [0.15, 0.2) is 60.6 Å². The summed E-state index contributed by atoms with van der Waals surface area (Å²) in [5.74, 6) is 1.98. The van der Waals surface area contributed by atoms with Crippen molar-refractivity contribution in [1.82, 2.24) is 29.9 Å². The molecule has 1 unspecified atom stereocenters. The summed E-state index contributed by atoms with van der Waals surface area (Å²) in [5, 5.41) is 0. The molecule has 4 heterocycles. The molecular weight excluding hydrogens is 444 g/mol. The molecule has 0 bridgehead atoms. The first-order chi connectivity index (χ1) is 17.4. The highest BCUT2D eigenvalue weighted by molar-refractivity contribution is 5.68. The van der Waals surface area contributed by atoms with Crippen LogP contribution in [-0.2, 0) is 0 Å². The highest BCUT2D eigenvalue weighted by Gasteiger charge is 2.15. The molecule has 0 radical (unpaired) electrons. The van der Waals surface area contributed by atoms with Gasteiger partial charge in [0.1, 0.15) is 17.1 Å². The Kier molecular flexibility index (Phi) is 7.93. The Bertz CT molecular complexity index is 1340. The third-order valence-corrected chi connectivity index (χ3v) is 6.68. The van der Waals surface area contributed by atoms with Crippen LogP contribution in [0.1, 0.15) is 76.5 Å². The van der Waals surface area contributed by atoms with Gasteiger partial charge in [0, 0.05) is 18.6 Å². The van der Waals surface area contributed by atoms with Crippen LogP contribution < -0.4 is 0 Å². The van der Waals surface area contributed by atoms with Gasteiger partial charge in [0.25, 0.3) is 0 Å². The zero-order valence-electron chi connectivity index (χ0n) is 22.1. The molecule has 0 aliphatic heterocycles. The third-order valence-electron chi connectivity index (χ3n) is 6.68. The van der Waals surface area contributed by atoms with E-state index in [2.05, 4.69) is 51.7 Å². The van der Waals surface area contributed by atoms with Gasteiger partial charge < -0.3 is 0 Å². The molecule has 0 aliphatic carbocycles. The van der Waals surface area contributed by atoms with E-state index in [-0.39, 0.29) is 0 Å². The van der Waals surface area contributed by atoms with E-state index in [0.29, 0.717) is 40.5 Å². The molecule has 184 valence electrons. The second-order valence-electron chi connectivity index (χ2n) is 9.38. The van der Waals surface area contributed by atoms with Crippen molar-refractivity contribution in [2.45, 2.75) is 66.7 Å². The first-order valence-electron chi connectivity index (χ1n) is 12.7. The minimum Gasteiger partial charge on any atom is -0.253 e. The van der Waals surface area contributed by atoms with E-state index in [1.54, 1.807) is 0 Å².